The van der Waals surface area contributed by atoms with Crippen molar-refractivity contribution in [2.24, 2.45) is 0 Å². The summed E-state index contributed by atoms with van der Waals surface area (Å²) in [6, 6.07) is 7.82. The van der Waals surface area contributed by atoms with Crippen molar-refractivity contribution >= 4 is 18.3 Å². The van der Waals surface area contributed by atoms with Crippen LogP contribution in [0.25, 0.3) is 0 Å². The van der Waals surface area contributed by atoms with Crippen molar-refractivity contribution in [2.75, 3.05) is 26.7 Å². The van der Waals surface area contributed by atoms with Gasteiger partial charge in [0, 0.05) is 31.4 Å². The quantitative estimate of drug-likeness (QED) is 0.892. The normalized spacial score (nSPS) is 17.5. The molecule has 1 aliphatic heterocycles. The van der Waals surface area contributed by atoms with Crippen LogP contribution in [0.4, 0.5) is 0 Å². The number of hydrogen-bond donors (Lipinski definition) is 1. The number of nitrogens with zero attached hydrogens (tertiary/aromatic N) is 3. The third-order valence-corrected chi connectivity index (χ3v) is 4.52. The Labute approximate surface area is 160 Å². The van der Waals surface area contributed by atoms with Crippen LogP contribution in [0.2, 0.25) is 0 Å². The zero-order chi connectivity index (χ0) is 18.0. The van der Waals surface area contributed by atoms with Gasteiger partial charge in [-0.15, -0.1) is 12.4 Å². The maximum atomic E-state index is 13.1. The number of hydrogen-bond acceptors (Lipinski definition) is 4. The Morgan fingerprint density at radius 1 is 1.31 bits per heavy atom. The number of ether oxygens (including phenoxy) is 1. The van der Waals surface area contributed by atoms with Crippen LogP contribution in [-0.2, 0) is 5.54 Å². The minimum absolute atomic E-state index is 0. The Hall–Kier alpha value is -2.05. The van der Waals surface area contributed by atoms with Gasteiger partial charge in [0.05, 0.1) is 30.5 Å². The molecule has 1 N–H and O–H groups in total. The molecule has 1 unspecified atom stereocenters. The molecular formula is C19H27ClN4O2. The van der Waals surface area contributed by atoms with Crippen LogP contribution in [0, 0.1) is 0 Å². The number of carbonyl (C=O) groups is 1. The first kappa shape index (κ1) is 20.3. The number of nitrogens with one attached hydrogen (secondary N) is 1. The fraction of sp³-hybridized carbons (Fsp3) is 0.474. The minimum Gasteiger partial charge on any atom is -0.496 e. The fourth-order valence-corrected chi connectivity index (χ4v) is 3.13. The predicted octanol–water partition coefficient (Wildman–Crippen LogP) is 2.86. The summed E-state index contributed by atoms with van der Waals surface area (Å²) in [7, 11) is 1.66. The van der Waals surface area contributed by atoms with Crippen molar-refractivity contribution in [2.45, 2.75) is 32.4 Å². The molecule has 142 valence electrons. The van der Waals surface area contributed by atoms with E-state index in [0.29, 0.717) is 18.7 Å². The Bertz CT molecular complexity index is 754. The van der Waals surface area contributed by atoms with E-state index in [2.05, 4.69) is 31.2 Å². The second-order valence-electron chi connectivity index (χ2n) is 7.30. The Balaban J connectivity index is 0.00000243. The van der Waals surface area contributed by atoms with Crippen LogP contribution < -0.4 is 10.1 Å². The fourth-order valence-electron chi connectivity index (χ4n) is 3.13. The Morgan fingerprint density at radius 2 is 2.04 bits per heavy atom. The van der Waals surface area contributed by atoms with E-state index < -0.39 is 0 Å². The molecule has 1 amide bonds. The standard InChI is InChI=1S/C19H26N4O2.ClH/c1-19(2,3)23-13-14(11-21-23)18(24)22-10-9-20-12-16(22)15-7-5-6-8-17(15)25-4;/h5-8,11,13,16,20H,9-10,12H2,1-4H3;1H. The van der Waals surface area contributed by atoms with E-state index in [4.69, 9.17) is 4.74 Å². The lowest BCUT2D eigenvalue weighted by atomic mass is 10.0. The molecule has 1 saturated heterocycles. The van der Waals surface area contributed by atoms with Crippen molar-refractivity contribution < 1.29 is 9.53 Å². The summed E-state index contributed by atoms with van der Waals surface area (Å²) in [6.45, 7) is 8.34. The highest BCUT2D eigenvalue weighted by Gasteiger charge is 2.31. The SMILES string of the molecule is COc1ccccc1C1CNCCN1C(=O)c1cnn(C(C)(C)C)c1.Cl. The average molecular weight is 379 g/mol. The van der Waals surface area contributed by atoms with Crippen LogP contribution in [0.15, 0.2) is 36.7 Å². The highest BCUT2D eigenvalue weighted by atomic mass is 35.5. The summed E-state index contributed by atoms with van der Waals surface area (Å²) in [5.74, 6) is 0.812. The van der Waals surface area contributed by atoms with Gasteiger partial charge in [0.1, 0.15) is 5.75 Å². The number of benzene rings is 1. The van der Waals surface area contributed by atoms with E-state index in [1.54, 1.807) is 13.3 Å². The zero-order valence-electron chi connectivity index (χ0n) is 15.7. The molecule has 0 bridgehead atoms. The molecule has 1 aromatic heterocycles. The van der Waals surface area contributed by atoms with Gasteiger partial charge in [-0.25, -0.2) is 0 Å². The molecule has 6 nitrogen and oxygen atoms in total. The number of amides is 1. The molecule has 26 heavy (non-hydrogen) atoms. The van der Waals surface area contributed by atoms with Crippen molar-refractivity contribution in [1.29, 1.82) is 0 Å². The van der Waals surface area contributed by atoms with Gasteiger partial charge in [0.25, 0.3) is 5.91 Å². The third-order valence-electron chi connectivity index (χ3n) is 4.52. The van der Waals surface area contributed by atoms with Gasteiger partial charge in [0.15, 0.2) is 0 Å². The molecular weight excluding hydrogens is 352 g/mol. The smallest absolute Gasteiger partial charge is 0.257 e. The molecule has 3 rings (SSSR count). The topological polar surface area (TPSA) is 59.4 Å². The summed E-state index contributed by atoms with van der Waals surface area (Å²) < 4.78 is 7.33. The molecule has 1 atom stereocenters. The molecule has 0 radical (unpaired) electrons. The number of piperazine rings is 1. The van der Waals surface area contributed by atoms with Gasteiger partial charge >= 0.3 is 0 Å². The number of carbonyl (C=O) groups excluding carboxylic acids is 1. The molecule has 0 spiro atoms. The number of aromatic nitrogens is 2. The molecule has 1 aromatic carbocycles. The number of methoxy groups -OCH3 is 1. The third kappa shape index (κ3) is 4.02. The van der Waals surface area contributed by atoms with Gasteiger partial charge in [-0.3, -0.25) is 9.48 Å². The van der Waals surface area contributed by atoms with Crippen molar-refractivity contribution in [3.05, 3.63) is 47.8 Å². The molecule has 7 heteroatoms. The largest absolute Gasteiger partial charge is 0.496 e. The van der Waals surface area contributed by atoms with Crippen LogP contribution in [0.3, 0.4) is 0 Å². The zero-order valence-corrected chi connectivity index (χ0v) is 16.5. The van der Waals surface area contributed by atoms with Gasteiger partial charge < -0.3 is 15.0 Å². The highest BCUT2D eigenvalue weighted by Crippen LogP contribution is 2.31. The van der Waals surface area contributed by atoms with Crippen molar-refractivity contribution in [3.8, 4) is 5.75 Å². The van der Waals surface area contributed by atoms with Gasteiger partial charge in [-0.1, -0.05) is 18.2 Å². The monoisotopic (exact) mass is 378 g/mol. The van der Waals surface area contributed by atoms with Crippen LogP contribution in [0.5, 0.6) is 5.75 Å². The van der Waals surface area contributed by atoms with E-state index >= 15 is 0 Å². The number of halogens is 1. The van der Waals surface area contributed by atoms with E-state index in [9.17, 15) is 4.79 Å². The number of para-hydroxylation sites is 1. The van der Waals surface area contributed by atoms with Crippen LogP contribution in [0.1, 0.15) is 42.7 Å². The van der Waals surface area contributed by atoms with E-state index in [0.717, 1.165) is 17.9 Å². The second-order valence-corrected chi connectivity index (χ2v) is 7.30. The maximum Gasteiger partial charge on any atom is 0.257 e. The lowest BCUT2D eigenvalue weighted by Crippen LogP contribution is -2.48. The van der Waals surface area contributed by atoms with Crippen molar-refractivity contribution in [3.63, 3.8) is 0 Å². The maximum absolute atomic E-state index is 13.1. The second kappa shape index (κ2) is 8.10. The van der Waals surface area contributed by atoms with E-state index in [1.807, 2.05) is 40.0 Å². The summed E-state index contributed by atoms with van der Waals surface area (Å²) in [5, 5.41) is 7.74. The lowest BCUT2D eigenvalue weighted by molar-refractivity contribution is 0.0631. The highest BCUT2D eigenvalue weighted by molar-refractivity contribution is 5.94. The predicted molar refractivity (Wildman–Crippen MR) is 104 cm³/mol. The summed E-state index contributed by atoms with van der Waals surface area (Å²) in [6.07, 6.45) is 3.50. The van der Waals surface area contributed by atoms with Crippen molar-refractivity contribution in [1.82, 2.24) is 20.0 Å². The first-order valence-electron chi connectivity index (χ1n) is 8.61. The summed E-state index contributed by atoms with van der Waals surface area (Å²) in [4.78, 5) is 15.0. The molecule has 0 saturated carbocycles. The minimum atomic E-state index is -0.149. The van der Waals surface area contributed by atoms with Gasteiger partial charge in [0.2, 0.25) is 0 Å². The van der Waals surface area contributed by atoms with E-state index in [1.165, 1.54) is 0 Å². The van der Waals surface area contributed by atoms with Gasteiger partial charge in [-0.05, 0) is 26.8 Å². The van der Waals surface area contributed by atoms with Crippen LogP contribution in [-0.4, -0.2) is 47.3 Å². The Kier molecular flexibility index (Phi) is 6.31. The molecule has 2 heterocycles. The van der Waals surface area contributed by atoms with Gasteiger partial charge in [-0.2, -0.15) is 5.10 Å². The number of rotatable bonds is 3. The van der Waals surface area contributed by atoms with Crippen LogP contribution >= 0.6 is 12.4 Å². The lowest BCUT2D eigenvalue weighted by Gasteiger charge is -2.37. The average Bonchev–Trinajstić information content (AvgIpc) is 3.11. The first-order valence-corrected chi connectivity index (χ1v) is 8.61. The first-order chi connectivity index (χ1) is 11.9. The molecule has 1 aliphatic rings. The summed E-state index contributed by atoms with van der Waals surface area (Å²) >= 11 is 0. The van der Waals surface area contributed by atoms with E-state index in [-0.39, 0.29) is 29.9 Å². The summed E-state index contributed by atoms with van der Waals surface area (Å²) in [5.41, 5.74) is 1.50. The molecule has 1 fully saturated rings. The molecule has 0 aliphatic carbocycles. The Morgan fingerprint density at radius 3 is 2.69 bits per heavy atom. The molecule has 2 aromatic rings.